The SMILES string of the molecule is COc1cccc2sc(C(=O)C3CCN(NC(=O)OC(C)(C)C)CC3)nc12. The predicted octanol–water partition coefficient (Wildman–Crippen LogP) is 3.64. The number of ether oxygens (including phenoxy) is 2. The number of hydrogen-bond acceptors (Lipinski definition) is 7. The van der Waals surface area contributed by atoms with Crippen molar-refractivity contribution in [1.29, 1.82) is 0 Å². The largest absolute Gasteiger partial charge is 0.494 e. The molecule has 1 fully saturated rings. The Bertz CT molecular complexity index is 835. The third kappa shape index (κ3) is 4.75. The van der Waals surface area contributed by atoms with Gasteiger partial charge in [-0.2, -0.15) is 0 Å². The highest BCUT2D eigenvalue weighted by Crippen LogP contribution is 2.32. The van der Waals surface area contributed by atoms with Crippen molar-refractivity contribution < 1.29 is 19.1 Å². The number of hydrogen-bond donors (Lipinski definition) is 1. The van der Waals surface area contributed by atoms with E-state index in [9.17, 15) is 9.59 Å². The highest BCUT2D eigenvalue weighted by molar-refractivity contribution is 7.20. The number of benzene rings is 1. The van der Waals surface area contributed by atoms with Crippen molar-refractivity contribution in [3.05, 3.63) is 23.2 Å². The summed E-state index contributed by atoms with van der Waals surface area (Å²) in [5, 5.41) is 2.33. The van der Waals surface area contributed by atoms with Crippen LogP contribution >= 0.6 is 11.3 Å². The normalized spacial score (nSPS) is 16.3. The number of nitrogens with zero attached hydrogens (tertiary/aromatic N) is 2. The molecule has 1 aromatic carbocycles. The molecule has 0 bridgehead atoms. The lowest BCUT2D eigenvalue weighted by molar-refractivity contribution is 0.0267. The fourth-order valence-electron chi connectivity index (χ4n) is 3.05. The summed E-state index contributed by atoms with van der Waals surface area (Å²) in [5.41, 5.74) is 2.94. The Kier molecular flexibility index (Phi) is 5.67. The molecular weight excluding hydrogens is 366 g/mol. The van der Waals surface area contributed by atoms with E-state index in [1.807, 2.05) is 39.0 Å². The molecule has 1 saturated heterocycles. The van der Waals surface area contributed by atoms with Crippen LogP contribution in [0.25, 0.3) is 10.2 Å². The van der Waals surface area contributed by atoms with Crippen molar-refractivity contribution in [1.82, 2.24) is 15.4 Å². The molecule has 2 aromatic rings. The number of ketones is 1. The Labute approximate surface area is 162 Å². The van der Waals surface area contributed by atoms with E-state index < -0.39 is 11.7 Å². The number of carbonyl (C=O) groups excluding carboxylic acids is 2. The molecule has 0 unspecified atom stereocenters. The molecule has 1 N–H and O–H groups in total. The lowest BCUT2D eigenvalue weighted by Crippen LogP contribution is -2.49. The molecule has 3 rings (SSSR count). The second-order valence-corrected chi connectivity index (χ2v) is 8.60. The highest BCUT2D eigenvalue weighted by Gasteiger charge is 2.29. The molecular formula is C19H25N3O4S. The zero-order chi connectivity index (χ0) is 19.6. The molecule has 0 saturated carbocycles. The summed E-state index contributed by atoms with van der Waals surface area (Å²) >= 11 is 1.40. The van der Waals surface area contributed by atoms with Crippen molar-refractivity contribution in [3.8, 4) is 5.75 Å². The number of hydrazine groups is 1. The summed E-state index contributed by atoms with van der Waals surface area (Å²) in [6.07, 6.45) is 0.870. The molecule has 8 heteroatoms. The minimum Gasteiger partial charge on any atom is -0.494 e. The average molecular weight is 391 g/mol. The van der Waals surface area contributed by atoms with E-state index in [0.717, 1.165) is 10.2 Å². The summed E-state index contributed by atoms with van der Waals surface area (Å²) in [4.78, 5) is 29.2. The molecule has 1 aromatic heterocycles. The van der Waals surface area contributed by atoms with Gasteiger partial charge in [0.25, 0.3) is 0 Å². The molecule has 0 atom stereocenters. The highest BCUT2D eigenvalue weighted by atomic mass is 32.1. The van der Waals surface area contributed by atoms with E-state index >= 15 is 0 Å². The van der Waals surface area contributed by atoms with Crippen LogP contribution in [0.4, 0.5) is 4.79 Å². The third-order valence-corrected chi connectivity index (χ3v) is 5.36. The van der Waals surface area contributed by atoms with Crippen LogP contribution in [0.3, 0.4) is 0 Å². The van der Waals surface area contributed by atoms with Crippen molar-refractivity contribution >= 4 is 33.4 Å². The molecule has 0 spiro atoms. The van der Waals surface area contributed by atoms with Crippen LogP contribution in [0, 0.1) is 5.92 Å². The number of fused-ring (bicyclic) bond motifs is 1. The number of nitrogens with one attached hydrogen (secondary N) is 1. The van der Waals surface area contributed by atoms with Gasteiger partial charge >= 0.3 is 6.09 Å². The number of carbonyl (C=O) groups is 2. The molecule has 2 heterocycles. The Morgan fingerprint density at radius 1 is 1.26 bits per heavy atom. The van der Waals surface area contributed by atoms with Crippen LogP contribution in [0.2, 0.25) is 0 Å². The minimum atomic E-state index is -0.535. The van der Waals surface area contributed by atoms with Gasteiger partial charge in [-0.05, 0) is 45.7 Å². The molecule has 1 aliphatic heterocycles. The molecule has 1 aliphatic rings. The number of aromatic nitrogens is 1. The molecule has 146 valence electrons. The fourth-order valence-corrected chi connectivity index (χ4v) is 4.05. The van der Waals surface area contributed by atoms with Crippen LogP contribution in [-0.2, 0) is 4.74 Å². The zero-order valence-electron chi connectivity index (χ0n) is 16.1. The molecule has 7 nitrogen and oxygen atoms in total. The van der Waals surface area contributed by atoms with Crippen LogP contribution in [-0.4, -0.2) is 47.7 Å². The van der Waals surface area contributed by atoms with Gasteiger partial charge in [0.05, 0.1) is 11.8 Å². The number of amides is 1. The first-order valence-corrected chi connectivity index (χ1v) is 9.81. The second-order valence-electron chi connectivity index (χ2n) is 7.57. The van der Waals surface area contributed by atoms with E-state index in [4.69, 9.17) is 9.47 Å². The van der Waals surface area contributed by atoms with E-state index in [0.29, 0.717) is 36.7 Å². The minimum absolute atomic E-state index is 0.0650. The monoisotopic (exact) mass is 391 g/mol. The molecule has 0 aliphatic carbocycles. The van der Waals surface area contributed by atoms with Crippen LogP contribution in [0.15, 0.2) is 18.2 Å². The van der Waals surface area contributed by atoms with E-state index in [1.54, 1.807) is 12.1 Å². The van der Waals surface area contributed by atoms with E-state index in [-0.39, 0.29) is 11.7 Å². The number of methoxy groups -OCH3 is 1. The first-order valence-electron chi connectivity index (χ1n) is 8.99. The van der Waals surface area contributed by atoms with Gasteiger partial charge in [-0.25, -0.2) is 14.8 Å². The van der Waals surface area contributed by atoms with E-state index in [1.165, 1.54) is 11.3 Å². The Morgan fingerprint density at radius 3 is 2.59 bits per heavy atom. The maximum atomic E-state index is 12.9. The number of para-hydroxylation sites is 1. The number of piperidine rings is 1. The maximum Gasteiger partial charge on any atom is 0.422 e. The summed E-state index contributed by atoms with van der Waals surface area (Å²) in [7, 11) is 1.60. The second kappa shape index (κ2) is 7.82. The lowest BCUT2D eigenvalue weighted by atomic mass is 9.93. The van der Waals surface area contributed by atoms with Gasteiger partial charge in [-0.15, -0.1) is 11.3 Å². The summed E-state index contributed by atoms with van der Waals surface area (Å²) in [5.74, 6) is 0.655. The van der Waals surface area contributed by atoms with Crippen LogP contribution in [0.1, 0.15) is 43.4 Å². The molecule has 1 amide bonds. The van der Waals surface area contributed by atoms with Crippen LogP contribution in [0.5, 0.6) is 5.75 Å². The fraction of sp³-hybridized carbons (Fsp3) is 0.526. The van der Waals surface area contributed by atoms with Gasteiger partial charge in [-0.3, -0.25) is 10.2 Å². The predicted molar refractivity (Wildman–Crippen MR) is 104 cm³/mol. The number of thiazole rings is 1. The van der Waals surface area contributed by atoms with Crippen molar-refractivity contribution in [2.75, 3.05) is 20.2 Å². The maximum absolute atomic E-state index is 12.9. The zero-order valence-corrected chi connectivity index (χ0v) is 16.9. The quantitative estimate of drug-likeness (QED) is 0.802. The molecule has 27 heavy (non-hydrogen) atoms. The number of Topliss-reactive ketones (excluding diaryl/α,β-unsaturated/α-hetero) is 1. The smallest absolute Gasteiger partial charge is 0.422 e. The van der Waals surface area contributed by atoms with Crippen molar-refractivity contribution in [2.45, 2.75) is 39.2 Å². The standard InChI is InChI=1S/C19H25N3O4S/c1-19(2,3)26-18(24)21-22-10-8-12(9-11-22)16(23)17-20-15-13(25-4)6-5-7-14(15)27-17/h5-7,12H,8-11H2,1-4H3,(H,21,24). The Morgan fingerprint density at radius 2 is 1.96 bits per heavy atom. The summed E-state index contributed by atoms with van der Waals surface area (Å²) in [6.45, 7) is 6.67. The molecule has 0 radical (unpaired) electrons. The Balaban J connectivity index is 1.60. The Hall–Kier alpha value is -2.19. The number of rotatable bonds is 4. The van der Waals surface area contributed by atoms with Gasteiger partial charge < -0.3 is 9.47 Å². The third-order valence-electron chi connectivity index (χ3n) is 4.33. The topological polar surface area (TPSA) is 80.8 Å². The first kappa shape index (κ1) is 19.6. The van der Waals surface area contributed by atoms with E-state index in [2.05, 4.69) is 10.4 Å². The summed E-state index contributed by atoms with van der Waals surface area (Å²) in [6, 6.07) is 5.69. The summed E-state index contributed by atoms with van der Waals surface area (Å²) < 4.78 is 11.5. The average Bonchev–Trinajstić information content (AvgIpc) is 3.04. The van der Waals surface area contributed by atoms with Gasteiger partial charge in [0, 0.05) is 19.0 Å². The van der Waals surface area contributed by atoms with Crippen LogP contribution < -0.4 is 10.2 Å². The van der Waals surface area contributed by atoms with Crippen molar-refractivity contribution in [3.63, 3.8) is 0 Å². The van der Waals surface area contributed by atoms with Crippen molar-refractivity contribution in [2.24, 2.45) is 5.92 Å². The van der Waals surface area contributed by atoms with Gasteiger partial charge in [0.2, 0.25) is 0 Å². The van der Waals surface area contributed by atoms with Gasteiger partial charge in [0.15, 0.2) is 10.8 Å². The lowest BCUT2D eigenvalue weighted by Gasteiger charge is -2.31. The van der Waals surface area contributed by atoms with Gasteiger partial charge in [0.1, 0.15) is 16.9 Å². The first-order chi connectivity index (χ1) is 12.8. The van der Waals surface area contributed by atoms with Gasteiger partial charge in [-0.1, -0.05) is 6.07 Å².